The molecule has 0 aromatic heterocycles. The van der Waals surface area contributed by atoms with E-state index in [1.807, 2.05) is 6.08 Å². The van der Waals surface area contributed by atoms with Crippen molar-refractivity contribution < 1.29 is 0 Å². The van der Waals surface area contributed by atoms with E-state index in [0.717, 1.165) is 13.0 Å². The molecule has 0 aliphatic carbocycles. The largest absolute Gasteiger partial charge is 0.378 e. The van der Waals surface area contributed by atoms with Crippen LogP contribution in [0.1, 0.15) is 27.2 Å². The predicted molar refractivity (Wildman–Crippen MR) is 78.1 cm³/mol. The van der Waals surface area contributed by atoms with Gasteiger partial charge in [-0.1, -0.05) is 18.7 Å². The first-order valence-electron chi connectivity index (χ1n) is 6.25. The Balaban J connectivity index is 4.83. The number of allylic oxidation sites excluding steroid dienone is 3. The van der Waals surface area contributed by atoms with Crippen LogP contribution in [0.2, 0.25) is 0 Å². The quantitative estimate of drug-likeness (QED) is 0.626. The van der Waals surface area contributed by atoms with Crippen LogP contribution in [0.4, 0.5) is 0 Å². The third-order valence-electron chi connectivity index (χ3n) is 2.88. The number of hydrogen-bond donors (Lipinski definition) is 0. The fourth-order valence-corrected chi connectivity index (χ4v) is 1.39. The molecule has 2 heteroatoms. The molecular formula is C15H28N2. The van der Waals surface area contributed by atoms with Crippen molar-refractivity contribution in [2.24, 2.45) is 0 Å². The molecular weight excluding hydrogens is 208 g/mol. The molecule has 0 saturated carbocycles. The van der Waals surface area contributed by atoms with E-state index < -0.39 is 0 Å². The lowest BCUT2D eigenvalue weighted by atomic mass is 10.0. The van der Waals surface area contributed by atoms with E-state index in [0.29, 0.717) is 6.04 Å². The molecule has 17 heavy (non-hydrogen) atoms. The van der Waals surface area contributed by atoms with E-state index in [9.17, 15) is 0 Å². The van der Waals surface area contributed by atoms with E-state index in [1.54, 1.807) is 0 Å². The molecule has 0 aliphatic rings. The first kappa shape index (κ1) is 16.0. The zero-order valence-corrected chi connectivity index (χ0v) is 12.3. The molecule has 0 N–H and O–H groups in total. The van der Waals surface area contributed by atoms with E-state index in [2.05, 4.69) is 70.6 Å². The molecule has 0 unspecified atom stereocenters. The monoisotopic (exact) mass is 236 g/mol. The summed E-state index contributed by atoms with van der Waals surface area (Å²) >= 11 is 0. The Kier molecular flexibility index (Phi) is 7.64. The Bertz CT molecular complexity index is 285. The van der Waals surface area contributed by atoms with Crippen molar-refractivity contribution >= 4 is 0 Å². The minimum Gasteiger partial charge on any atom is -0.378 e. The van der Waals surface area contributed by atoms with Gasteiger partial charge in [-0.15, -0.1) is 0 Å². The third kappa shape index (κ3) is 7.01. The molecule has 0 fully saturated rings. The highest BCUT2D eigenvalue weighted by Gasteiger charge is 2.05. The molecule has 0 aromatic rings. The van der Waals surface area contributed by atoms with E-state index in [-0.39, 0.29) is 0 Å². The average molecular weight is 236 g/mol. The maximum absolute atomic E-state index is 3.76. The summed E-state index contributed by atoms with van der Waals surface area (Å²) in [5, 5.41) is 0. The molecule has 98 valence electrons. The van der Waals surface area contributed by atoms with Crippen molar-refractivity contribution in [1.29, 1.82) is 0 Å². The van der Waals surface area contributed by atoms with Gasteiger partial charge in [0.15, 0.2) is 0 Å². The topological polar surface area (TPSA) is 6.48 Å². The Labute approximate surface area is 107 Å². The van der Waals surface area contributed by atoms with Gasteiger partial charge in [0, 0.05) is 25.8 Å². The second-order valence-corrected chi connectivity index (χ2v) is 5.05. The van der Waals surface area contributed by atoms with E-state index in [1.165, 1.54) is 11.1 Å². The maximum atomic E-state index is 3.76. The lowest BCUT2D eigenvalue weighted by Crippen LogP contribution is -2.21. The summed E-state index contributed by atoms with van der Waals surface area (Å²) in [5.41, 5.74) is 2.68. The summed E-state index contributed by atoms with van der Waals surface area (Å²) in [6.45, 7) is 11.4. The summed E-state index contributed by atoms with van der Waals surface area (Å²) in [6.07, 6.45) is 7.26. The molecule has 0 heterocycles. The minimum absolute atomic E-state index is 0.529. The first-order chi connectivity index (χ1) is 7.88. The van der Waals surface area contributed by atoms with Crippen LogP contribution in [-0.2, 0) is 0 Å². The normalized spacial score (nSPS) is 13.4. The molecule has 0 amide bonds. The van der Waals surface area contributed by atoms with E-state index in [4.69, 9.17) is 0 Å². The SMILES string of the molecule is C=C/C=C(C)\C(=C/N(C)C(C)C)CCN(C)C. The molecule has 0 aromatic carbocycles. The molecule has 0 bridgehead atoms. The molecule has 0 saturated heterocycles. The van der Waals surface area contributed by atoms with Crippen molar-refractivity contribution in [2.45, 2.75) is 33.2 Å². The van der Waals surface area contributed by atoms with Gasteiger partial charge in [0.05, 0.1) is 0 Å². The third-order valence-corrected chi connectivity index (χ3v) is 2.88. The lowest BCUT2D eigenvalue weighted by molar-refractivity contribution is 0.368. The van der Waals surface area contributed by atoms with Crippen molar-refractivity contribution in [2.75, 3.05) is 27.7 Å². The second kappa shape index (κ2) is 8.13. The molecule has 0 spiro atoms. The second-order valence-electron chi connectivity index (χ2n) is 5.05. The van der Waals surface area contributed by atoms with Crippen LogP contribution >= 0.6 is 0 Å². The van der Waals surface area contributed by atoms with Crippen LogP contribution in [0, 0.1) is 0 Å². The Morgan fingerprint density at radius 3 is 2.24 bits per heavy atom. The van der Waals surface area contributed by atoms with Crippen LogP contribution in [0.5, 0.6) is 0 Å². The van der Waals surface area contributed by atoms with Gasteiger partial charge in [-0.05, 0) is 52.4 Å². The lowest BCUT2D eigenvalue weighted by Gasteiger charge is -2.22. The predicted octanol–water partition coefficient (Wildman–Crippen LogP) is 3.29. The Morgan fingerprint density at radius 2 is 1.82 bits per heavy atom. The van der Waals surface area contributed by atoms with Gasteiger partial charge in [-0.2, -0.15) is 0 Å². The number of nitrogens with zero attached hydrogens (tertiary/aromatic N) is 2. The summed E-state index contributed by atoms with van der Waals surface area (Å²) in [4.78, 5) is 4.47. The molecule has 0 rings (SSSR count). The summed E-state index contributed by atoms with van der Waals surface area (Å²) in [7, 11) is 6.34. The van der Waals surface area contributed by atoms with Gasteiger partial charge in [0.2, 0.25) is 0 Å². The van der Waals surface area contributed by atoms with Crippen molar-refractivity contribution in [3.05, 3.63) is 36.1 Å². The van der Waals surface area contributed by atoms with Crippen LogP contribution in [0.25, 0.3) is 0 Å². The van der Waals surface area contributed by atoms with Crippen molar-refractivity contribution in [3.63, 3.8) is 0 Å². The Hall–Kier alpha value is -1.02. The number of hydrogen-bond acceptors (Lipinski definition) is 2. The first-order valence-corrected chi connectivity index (χ1v) is 6.25. The molecule has 0 radical (unpaired) electrons. The summed E-state index contributed by atoms with van der Waals surface area (Å²) in [6, 6.07) is 0.529. The van der Waals surface area contributed by atoms with Crippen molar-refractivity contribution in [1.82, 2.24) is 9.80 Å². The maximum Gasteiger partial charge on any atom is 0.0224 e. The molecule has 0 atom stereocenters. The zero-order chi connectivity index (χ0) is 13.4. The van der Waals surface area contributed by atoms with Gasteiger partial charge in [-0.3, -0.25) is 0 Å². The number of rotatable bonds is 7. The highest BCUT2D eigenvalue weighted by molar-refractivity contribution is 5.31. The van der Waals surface area contributed by atoms with Crippen LogP contribution < -0.4 is 0 Å². The van der Waals surface area contributed by atoms with Crippen LogP contribution in [0.15, 0.2) is 36.1 Å². The average Bonchev–Trinajstić information content (AvgIpc) is 2.23. The van der Waals surface area contributed by atoms with Crippen molar-refractivity contribution in [3.8, 4) is 0 Å². The standard InChI is InChI=1S/C15H28N2/c1-8-9-14(4)15(10-11-16(5)6)12-17(7)13(2)3/h8-9,12-13H,1,10-11H2,2-7H3/b14-9-,15-12-. The van der Waals surface area contributed by atoms with Gasteiger partial charge in [0.25, 0.3) is 0 Å². The van der Waals surface area contributed by atoms with Gasteiger partial charge < -0.3 is 9.80 Å². The fraction of sp³-hybridized carbons (Fsp3) is 0.600. The smallest absolute Gasteiger partial charge is 0.0224 e. The Morgan fingerprint density at radius 1 is 1.24 bits per heavy atom. The minimum atomic E-state index is 0.529. The molecule has 0 aliphatic heterocycles. The fourth-order valence-electron chi connectivity index (χ4n) is 1.39. The summed E-state index contributed by atoms with van der Waals surface area (Å²) < 4.78 is 0. The van der Waals surface area contributed by atoms with Crippen LogP contribution in [0.3, 0.4) is 0 Å². The zero-order valence-electron chi connectivity index (χ0n) is 12.3. The molecule has 2 nitrogen and oxygen atoms in total. The summed E-state index contributed by atoms with van der Waals surface area (Å²) in [5.74, 6) is 0. The van der Waals surface area contributed by atoms with E-state index >= 15 is 0 Å². The van der Waals surface area contributed by atoms with Gasteiger partial charge in [-0.25, -0.2) is 0 Å². The van der Waals surface area contributed by atoms with Crippen LogP contribution in [-0.4, -0.2) is 43.5 Å². The van der Waals surface area contributed by atoms with Gasteiger partial charge >= 0.3 is 0 Å². The highest BCUT2D eigenvalue weighted by Crippen LogP contribution is 2.15. The van der Waals surface area contributed by atoms with Gasteiger partial charge in [0.1, 0.15) is 0 Å². The highest BCUT2D eigenvalue weighted by atomic mass is 15.1.